The number of carbonyl (C=O) groups is 2. The van der Waals surface area contributed by atoms with Crippen molar-refractivity contribution < 1.29 is 9.59 Å². The molecule has 0 atom stereocenters. The van der Waals surface area contributed by atoms with Gasteiger partial charge in [0.25, 0.3) is 5.91 Å². The standard InChI is InChI=1S/C22H24ClN5O2/c1-15(2)21-19(14-27-28(21)18-5-3-17(23)4-6-18)22(30)25-12-9-20(29)26-13-16-7-10-24-11-8-16/h3-8,10-11,14-15H,9,12-13H2,1-2H3,(H,25,30)(H,26,29). The van der Waals surface area contributed by atoms with Crippen molar-refractivity contribution in [2.24, 2.45) is 0 Å². The van der Waals surface area contributed by atoms with Crippen LogP contribution in [0.25, 0.3) is 5.69 Å². The maximum absolute atomic E-state index is 12.7. The highest BCUT2D eigenvalue weighted by Gasteiger charge is 2.20. The van der Waals surface area contributed by atoms with Gasteiger partial charge in [0.05, 0.1) is 23.1 Å². The largest absolute Gasteiger partial charge is 0.352 e. The second-order valence-electron chi connectivity index (χ2n) is 7.12. The predicted octanol–water partition coefficient (Wildman–Crippen LogP) is 3.48. The van der Waals surface area contributed by atoms with E-state index in [1.54, 1.807) is 35.4 Å². The molecule has 7 nitrogen and oxygen atoms in total. The lowest BCUT2D eigenvalue weighted by Gasteiger charge is -2.13. The molecule has 0 aliphatic rings. The summed E-state index contributed by atoms with van der Waals surface area (Å²) in [6.07, 6.45) is 5.11. The lowest BCUT2D eigenvalue weighted by atomic mass is 10.0. The molecule has 0 unspecified atom stereocenters. The first-order valence-electron chi connectivity index (χ1n) is 9.73. The first-order valence-corrected chi connectivity index (χ1v) is 10.1. The Morgan fingerprint density at radius 3 is 2.43 bits per heavy atom. The fraction of sp³-hybridized carbons (Fsp3) is 0.273. The number of amides is 2. The summed E-state index contributed by atoms with van der Waals surface area (Å²) < 4.78 is 1.75. The minimum atomic E-state index is -0.249. The summed E-state index contributed by atoms with van der Waals surface area (Å²) in [5.74, 6) is -0.304. The van der Waals surface area contributed by atoms with E-state index in [-0.39, 0.29) is 30.7 Å². The van der Waals surface area contributed by atoms with E-state index in [0.717, 1.165) is 16.9 Å². The first-order chi connectivity index (χ1) is 14.5. The van der Waals surface area contributed by atoms with Crippen molar-refractivity contribution in [1.82, 2.24) is 25.4 Å². The van der Waals surface area contributed by atoms with E-state index >= 15 is 0 Å². The van der Waals surface area contributed by atoms with Gasteiger partial charge in [0.1, 0.15) is 0 Å². The van der Waals surface area contributed by atoms with Crippen molar-refractivity contribution in [3.05, 3.63) is 76.8 Å². The molecule has 1 aromatic carbocycles. The number of carbonyl (C=O) groups excluding carboxylic acids is 2. The Kier molecular flexibility index (Phi) is 7.19. The van der Waals surface area contributed by atoms with Crippen LogP contribution in [-0.4, -0.2) is 33.1 Å². The zero-order valence-corrected chi connectivity index (χ0v) is 17.7. The van der Waals surface area contributed by atoms with Crippen molar-refractivity contribution in [3.63, 3.8) is 0 Å². The topological polar surface area (TPSA) is 88.9 Å². The van der Waals surface area contributed by atoms with Crippen molar-refractivity contribution >= 4 is 23.4 Å². The molecule has 2 heterocycles. The Balaban J connectivity index is 1.58. The SMILES string of the molecule is CC(C)c1c(C(=O)NCCC(=O)NCc2ccncc2)cnn1-c1ccc(Cl)cc1. The molecule has 156 valence electrons. The van der Waals surface area contributed by atoms with E-state index in [1.165, 1.54) is 0 Å². The molecule has 0 spiro atoms. The number of halogens is 1. The first kappa shape index (κ1) is 21.5. The number of pyridine rings is 1. The van der Waals surface area contributed by atoms with Crippen molar-refractivity contribution in [1.29, 1.82) is 0 Å². The fourth-order valence-corrected chi connectivity index (χ4v) is 3.18. The van der Waals surface area contributed by atoms with Gasteiger partial charge in [-0.15, -0.1) is 0 Å². The molecule has 0 radical (unpaired) electrons. The van der Waals surface area contributed by atoms with Crippen LogP contribution in [0, 0.1) is 0 Å². The zero-order chi connectivity index (χ0) is 21.5. The predicted molar refractivity (Wildman–Crippen MR) is 116 cm³/mol. The summed E-state index contributed by atoms with van der Waals surface area (Å²) >= 11 is 5.97. The smallest absolute Gasteiger partial charge is 0.254 e. The number of rotatable bonds is 8. The van der Waals surface area contributed by atoms with Gasteiger partial charge in [-0.2, -0.15) is 5.10 Å². The summed E-state index contributed by atoms with van der Waals surface area (Å²) in [4.78, 5) is 28.7. The Hall–Kier alpha value is -3.19. The average molecular weight is 426 g/mol. The molecule has 30 heavy (non-hydrogen) atoms. The van der Waals surface area contributed by atoms with Gasteiger partial charge in [0.2, 0.25) is 5.91 Å². The second kappa shape index (κ2) is 10.0. The van der Waals surface area contributed by atoms with E-state index in [4.69, 9.17) is 11.6 Å². The molecule has 0 aliphatic carbocycles. The van der Waals surface area contributed by atoms with Crippen LogP contribution in [0.1, 0.15) is 47.8 Å². The highest BCUT2D eigenvalue weighted by Crippen LogP contribution is 2.24. The van der Waals surface area contributed by atoms with Crippen LogP contribution in [-0.2, 0) is 11.3 Å². The van der Waals surface area contributed by atoms with Crippen LogP contribution in [0.4, 0.5) is 0 Å². The van der Waals surface area contributed by atoms with Crippen LogP contribution in [0.3, 0.4) is 0 Å². The highest BCUT2D eigenvalue weighted by molar-refractivity contribution is 6.30. The Bertz CT molecular complexity index is 1000. The molecule has 2 amide bonds. The van der Waals surface area contributed by atoms with Crippen LogP contribution < -0.4 is 10.6 Å². The van der Waals surface area contributed by atoms with Crippen molar-refractivity contribution in [3.8, 4) is 5.69 Å². The maximum Gasteiger partial charge on any atom is 0.254 e. The molecule has 3 rings (SSSR count). The van der Waals surface area contributed by atoms with E-state index < -0.39 is 0 Å². The fourth-order valence-electron chi connectivity index (χ4n) is 3.05. The van der Waals surface area contributed by atoms with Gasteiger partial charge in [-0.05, 0) is 47.9 Å². The lowest BCUT2D eigenvalue weighted by Crippen LogP contribution is -2.31. The van der Waals surface area contributed by atoms with Crippen molar-refractivity contribution in [2.75, 3.05) is 6.54 Å². The van der Waals surface area contributed by atoms with Crippen LogP contribution >= 0.6 is 11.6 Å². The van der Waals surface area contributed by atoms with Gasteiger partial charge in [0.15, 0.2) is 0 Å². The van der Waals surface area contributed by atoms with E-state index in [1.807, 2.05) is 38.1 Å². The van der Waals surface area contributed by atoms with Gasteiger partial charge < -0.3 is 10.6 Å². The molecule has 0 saturated carbocycles. The number of aromatic nitrogens is 3. The molecule has 0 aliphatic heterocycles. The summed E-state index contributed by atoms with van der Waals surface area (Å²) in [5, 5.41) is 10.7. The number of benzene rings is 1. The minimum Gasteiger partial charge on any atom is -0.352 e. The third-order valence-electron chi connectivity index (χ3n) is 4.55. The Morgan fingerprint density at radius 2 is 1.77 bits per heavy atom. The number of nitrogens with zero attached hydrogens (tertiary/aromatic N) is 3. The molecule has 0 fully saturated rings. The minimum absolute atomic E-state index is 0.0765. The van der Waals surface area contributed by atoms with E-state index in [9.17, 15) is 9.59 Å². The summed E-state index contributed by atoms with van der Waals surface area (Å²) in [7, 11) is 0. The third-order valence-corrected chi connectivity index (χ3v) is 4.80. The van der Waals surface area contributed by atoms with Gasteiger partial charge >= 0.3 is 0 Å². The number of hydrogen-bond donors (Lipinski definition) is 2. The van der Waals surface area contributed by atoms with Crippen LogP contribution in [0.15, 0.2) is 55.0 Å². The molecule has 0 saturated heterocycles. The summed E-state index contributed by atoms with van der Waals surface area (Å²) in [6, 6.07) is 11.0. The zero-order valence-electron chi connectivity index (χ0n) is 16.9. The second-order valence-corrected chi connectivity index (χ2v) is 7.56. The molecule has 0 bridgehead atoms. The molecule has 2 aromatic heterocycles. The average Bonchev–Trinajstić information content (AvgIpc) is 3.19. The van der Waals surface area contributed by atoms with E-state index in [0.29, 0.717) is 17.1 Å². The Labute approximate surface area is 180 Å². The van der Waals surface area contributed by atoms with Gasteiger partial charge in [0, 0.05) is 36.9 Å². The Morgan fingerprint density at radius 1 is 1.07 bits per heavy atom. The monoisotopic (exact) mass is 425 g/mol. The normalized spacial score (nSPS) is 10.8. The lowest BCUT2D eigenvalue weighted by molar-refractivity contribution is -0.121. The van der Waals surface area contributed by atoms with Gasteiger partial charge in [-0.3, -0.25) is 14.6 Å². The van der Waals surface area contributed by atoms with Crippen molar-refractivity contribution in [2.45, 2.75) is 32.7 Å². The number of nitrogens with one attached hydrogen (secondary N) is 2. The third kappa shape index (κ3) is 5.45. The molecule has 2 N–H and O–H groups in total. The van der Waals surface area contributed by atoms with Gasteiger partial charge in [-0.25, -0.2) is 4.68 Å². The van der Waals surface area contributed by atoms with Gasteiger partial charge in [-0.1, -0.05) is 25.4 Å². The van der Waals surface area contributed by atoms with E-state index in [2.05, 4.69) is 20.7 Å². The number of hydrogen-bond acceptors (Lipinski definition) is 4. The van der Waals surface area contributed by atoms with Crippen LogP contribution in [0.2, 0.25) is 5.02 Å². The molecule has 3 aromatic rings. The molecular weight excluding hydrogens is 402 g/mol. The summed E-state index contributed by atoms with van der Waals surface area (Å²) in [5.41, 5.74) is 3.10. The highest BCUT2D eigenvalue weighted by atomic mass is 35.5. The van der Waals surface area contributed by atoms with Crippen LogP contribution in [0.5, 0.6) is 0 Å². The maximum atomic E-state index is 12.7. The quantitative estimate of drug-likeness (QED) is 0.578. The molecular formula is C22H24ClN5O2. The molecule has 8 heteroatoms. The summed E-state index contributed by atoms with van der Waals surface area (Å²) in [6.45, 7) is 4.69.